The van der Waals surface area contributed by atoms with Gasteiger partial charge in [-0.1, -0.05) is 18.2 Å². The molecule has 0 radical (unpaired) electrons. The van der Waals surface area contributed by atoms with Gasteiger partial charge in [-0.15, -0.1) is 0 Å². The molecule has 0 atom stereocenters. The summed E-state index contributed by atoms with van der Waals surface area (Å²) in [6.45, 7) is 0. The highest BCUT2D eigenvalue weighted by molar-refractivity contribution is 7.98. The fraction of sp³-hybridized carbons (Fsp3) is 0.273. The van der Waals surface area contributed by atoms with Crippen molar-refractivity contribution >= 4 is 29.4 Å². The number of carbonyl (C=O) groups is 1. The van der Waals surface area contributed by atoms with E-state index in [1.54, 1.807) is 17.8 Å². The molecule has 0 saturated heterocycles. The van der Waals surface area contributed by atoms with E-state index < -0.39 is 0 Å². The quantitative estimate of drug-likeness (QED) is 0.649. The number of thioether (sulfide) groups is 1. The van der Waals surface area contributed by atoms with Crippen LogP contribution >= 0.6 is 23.5 Å². The van der Waals surface area contributed by atoms with Crippen LogP contribution in [0.5, 0.6) is 0 Å². The Labute approximate surface area is 104 Å². The molecule has 0 aliphatic carbocycles. The van der Waals surface area contributed by atoms with E-state index >= 15 is 0 Å². The average molecular weight is 255 g/mol. The molecular weight excluding hydrogens is 244 g/mol. The summed E-state index contributed by atoms with van der Waals surface area (Å²) in [7, 11) is 0. The highest BCUT2D eigenvalue weighted by Crippen LogP contribution is 2.16. The van der Waals surface area contributed by atoms with Crippen LogP contribution in [0.1, 0.15) is 17.5 Å². The van der Waals surface area contributed by atoms with E-state index in [1.807, 2.05) is 18.2 Å². The first kappa shape index (κ1) is 12.9. The Kier molecular flexibility index (Phi) is 5.76. The molecule has 0 aliphatic heterocycles. The Morgan fingerprint density at radius 1 is 1.50 bits per heavy atom. The van der Waals surface area contributed by atoms with Gasteiger partial charge >= 0.3 is 0 Å². The maximum absolute atomic E-state index is 10.8. The summed E-state index contributed by atoms with van der Waals surface area (Å²) in [6, 6.07) is 9.61. The lowest BCUT2D eigenvalue weighted by molar-refractivity contribution is -0.118. The van der Waals surface area contributed by atoms with Crippen LogP contribution in [0.15, 0.2) is 24.3 Å². The zero-order valence-corrected chi connectivity index (χ0v) is 10.1. The first-order valence-electron chi connectivity index (χ1n) is 4.73. The molecular formula is C11H11ClN2OS. The molecule has 0 spiro atoms. The van der Waals surface area contributed by atoms with Gasteiger partial charge in [-0.3, -0.25) is 9.63 Å². The lowest BCUT2D eigenvalue weighted by Gasteiger charge is -2.03. The van der Waals surface area contributed by atoms with Crippen LogP contribution in [0.4, 0.5) is 0 Å². The van der Waals surface area contributed by atoms with Crippen LogP contribution in [-0.2, 0) is 10.5 Å². The lowest BCUT2D eigenvalue weighted by atomic mass is 10.1. The third-order valence-electron chi connectivity index (χ3n) is 1.97. The Bertz CT molecular complexity index is 403. The molecule has 0 fully saturated rings. The van der Waals surface area contributed by atoms with E-state index in [0.717, 1.165) is 11.3 Å². The molecule has 5 heteroatoms. The molecule has 0 saturated carbocycles. The molecule has 1 aromatic carbocycles. The van der Waals surface area contributed by atoms with Gasteiger partial charge in [0.25, 0.3) is 0 Å². The Morgan fingerprint density at radius 3 is 2.94 bits per heavy atom. The second kappa shape index (κ2) is 7.15. The van der Waals surface area contributed by atoms with Crippen LogP contribution < -0.4 is 4.84 Å². The van der Waals surface area contributed by atoms with Crippen molar-refractivity contribution in [3.05, 3.63) is 35.4 Å². The summed E-state index contributed by atoms with van der Waals surface area (Å²) in [5.74, 6) is 1.25. The minimum absolute atomic E-state index is 0.178. The second-order valence-corrected chi connectivity index (χ2v) is 4.38. The van der Waals surface area contributed by atoms with Crippen molar-refractivity contribution in [3.63, 3.8) is 0 Å². The van der Waals surface area contributed by atoms with Crippen molar-refractivity contribution in [1.29, 1.82) is 5.26 Å². The highest BCUT2D eigenvalue weighted by atomic mass is 35.5. The molecule has 16 heavy (non-hydrogen) atoms. The first-order chi connectivity index (χ1) is 7.77. The van der Waals surface area contributed by atoms with Crippen molar-refractivity contribution in [2.75, 3.05) is 5.75 Å². The third kappa shape index (κ3) is 4.13. The Morgan fingerprint density at radius 2 is 2.25 bits per heavy atom. The smallest absolute Gasteiger partial charge is 0.235 e. The number of rotatable bonds is 5. The van der Waals surface area contributed by atoms with Crippen LogP contribution in [0.2, 0.25) is 0 Å². The number of nitrogens with zero attached hydrogens (tertiary/aromatic N) is 1. The average Bonchev–Trinajstić information content (AvgIpc) is 2.34. The van der Waals surface area contributed by atoms with Gasteiger partial charge in [0.2, 0.25) is 5.91 Å². The fourth-order valence-electron chi connectivity index (χ4n) is 1.15. The summed E-state index contributed by atoms with van der Waals surface area (Å²) < 4.78 is 0. The summed E-state index contributed by atoms with van der Waals surface area (Å²) in [6.07, 6.45) is 0.392. The second-order valence-electron chi connectivity index (χ2n) is 3.09. The zero-order valence-electron chi connectivity index (χ0n) is 8.57. The molecule has 0 bridgehead atoms. The van der Waals surface area contributed by atoms with Gasteiger partial charge in [0, 0.05) is 29.7 Å². The van der Waals surface area contributed by atoms with Gasteiger partial charge < -0.3 is 0 Å². The van der Waals surface area contributed by atoms with Crippen LogP contribution in [-0.4, -0.2) is 11.7 Å². The number of amides is 1. The van der Waals surface area contributed by atoms with Crippen LogP contribution in [0, 0.1) is 11.3 Å². The summed E-state index contributed by atoms with van der Waals surface area (Å²) in [5.41, 5.74) is 1.69. The van der Waals surface area contributed by atoms with E-state index in [0.29, 0.717) is 17.7 Å². The normalized spacial score (nSPS) is 9.50. The first-order valence-corrected chi connectivity index (χ1v) is 6.26. The van der Waals surface area contributed by atoms with Crippen molar-refractivity contribution < 1.29 is 4.79 Å². The van der Waals surface area contributed by atoms with E-state index in [9.17, 15) is 4.79 Å². The Hall–Kier alpha value is -1.18. The van der Waals surface area contributed by atoms with Gasteiger partial charge in [-0.2, -0.15) is 17.0 Å². The zero-order chi connectivity index (χ0) is 11.8. The van der Waals surface area contributed by atoms with Crippen LogP contribution in [0.25, 0.3) is 0 Å². The predicted octanol–water partition coefficient (Wildman–Crippen LogP) is 2.45. The number of halogens is 1. The molecule has 84 valence electrons. The monoisotopic (exact) mass is 254 g/mol. The van der Waals surface area contributed by atoms with Crippen molar-refractivity contribution in [3.8, 4) is 6.07 Å². The predicted molar refractivity (Wildman–Crippen MR) is 65.9 cm³/mol. The van der Waals surface area contributed by atoms with Crippen molar-refractivity contribution in [1.82, 2.24) is 4.84 Å². The van der Waals surface area contributed by atoms with Gasteiger partial charge in [0.05, 0.1) is 11.6 Å². The SMILES string of the molecule is N#Cc1ccccc1CSCCC(=O)NCl. The minimum atomic E-state index is -0.178. The van der Waals surface area contributed by atoms with Gasteiger partial charge in [0.15, 0.2) is 0 Å². The molecule has 1 aromatic rings. The number of benzene rings is 1. The standard InChI is InChI=1S/C11H11ClN2OS/c12-14-11(15)5-6-16-8-10-4-2-1-3-9(10)7-13/h1-4H,5-6,8H2,(H,14,15). The van der Waals surface area contributed by atoms with E-state index in [-0.39, 0.29) is 5.91 Å². The number of nitrogens with one attached hydrogen (secondary N) is 1. The fourth-order valence-corrected chi connectivity index (χ4v) is 2.19. The van der Waals surface area contributed by atoms with E-state index in [1.165, 1.54) is 0 Å². The molecule has 3 nitrogen and oxygen atoms in total. The third-order valence-corrected chi connectivity index (χ3v) is 3.19. The van der Waals surface area contributed by atoms with Crippen molar-refractivity contribution in [2.45, 2.75) is 12.2 Å². The van der Waals surface area contributed by atoms with Gasteiger partial charge in [0.1, 0.15) is 0 Å². The minimum Gasteiger partial charge on any atom is -0.274 e. The van der Waals surface area contributed by atoms with Crippen LogP contribution in [0.3, 0.4) is 0 Å². The highest BCUT2D eigenvalue weighted by Gasteiger charge is 2.02. The topological polar surface area (TPSA) is 52.9 Å². The molecule has 1 amide bonds. The van der Waals surface area contributed by atoms with E-state index in [4.69, 9.17) is 17.0 Å². The molecule has 0 aromatic heterocycles. The van der Waals surface area contributed by atoms with Crippen molar-refractivity contribution in [2.24, 2.45) is 0 Å². The molecule has 1 rings (SSSR count). The molecule has 0 aliphatic rings. The van der Waals surface area contributed by atoms with Gasteiger partial charge in [-0.05, 0) is 11.6 Å². The maximum atomic E-state index is 10.8. The Balaban J connectivity index is 2.38. The summed E-state index contributed by atoms with van der Waals surface area (Å²) in [5, 5.41) is 8.86. The number of hydrogen-bond donors (Lipinski definition) is 1. The number of hydrogen-bond acceptors (Lipinski definition) is 3. The molecule has 0 unspecified atom stereocenters. The number of carbonyl (C=O) groups excluding carboxylic acids is 1. The molecule has 1 N–H and O–H groups in total. The summed E-state index contributed by atoms with van der Waals surface area (Å²) >= 11 is 6.75. The maximum Gasteiger partial charge on any atom is 0.235 e. The lowest BCUT2D eigenvalue weighted by Crippen LogP contribution is -2.12. The van der Waals surface area contributed by atoms with E-state index in [2.05, 4.69) is 10.9 Å². The largest absolute Gasteiger partial charge is 0.274 e. The molecule has 0 heterocycles. The summed E-state index contributed by atoms with van der Waals surface area (Å²) in [4.78, 5) is 12.9. The number of nitriles is 1. The van der Waals surface area contributed by atoms with Gasteiger partial charge in [-0.25, -0.2) is 0 Å².